The Bertz CT molecular complexity index is 1590. The van der Waals surface area contributed by atoms with Crippen molar-refractivity contribution >= 4 is 23.2 Å². The summed E-state index contributed by atoms with van der Waals surface area (Å²) in [4.78, 5) is 8.80. The highest BCUT2D eigenvalue weighted by Gasteiger charge is 2.63. The Balaban J connectivity index is 1.59. The fraction of sp³-hybridized carbons (Fsp3) is 0.240. The normalized spacial score (nSPS) is 15.0. The molecule has 38 heavy (non-hydrogen) atoms. The van der Waals surface area contributed by atoms with Gasteiger partial charge >= 0.3 is 6.18 Å². The van der Waals surface area contributed by atoms with Gasteiger partial charge in [-0.1, -0.05) is 41.8 Å². The van der Waals surface area contributed by atoms with Crippen molar-refractivity contribution in [2.45, 2.75) is 37.4 Å². The number of rotatable bonds is 6. The van der Waals surface area contributed by atoms with Gasteiger partial charge in [-0.25, -0.2) is 14.6 Å². The van der Waals surface area contributed by atoms with Crippen LogP contribution in [-0.4, -0.2) is 40.7 Å². The Morgan fingerprint density at radius 3 is 2.39 bits per heavy atom. The van der Waals surface area contributed by atoms with Gasteiger partial charge in [0.15, 0.2) is 5.69 Å². The van der Waals surface area contributed by atoms with Crippen LogP contribution in [0.4, 0.5) is 13.2 Å². The summed E-state index contributed by atoms with van der Waals surface area (Å²) in [5, 5.41) is 13.0. The van der Waals surface area contributed by atoms with Crippen molar-refractivity contribution in [1.82, 2.24) is 34.5 Å². The molecular formula is C25H18Cl2F3N7O. The third-order valence-electron chi connectivity index (χ3n) is 6.74. The van der Waals surface area contributed by atoms with E-state index in [4.69, 9.17) is 32.6 Å². The van der Waals surface area contributed by atoms with E-state index in [1.54, 1.807) is 47.1 Å². The minimum Gasteiger partial charge on any atom is -0.418 e. The second-order valence-electron chi connectivity index (χ2n) is 8.96. The molecule has 0 saturated heterocycles. The Kier molecular flexibility index (Phi) is 5.99. The number of benzene rings is 2. The maximum absolute atomic E-state index is 14.0. The van der Waals surface area contributed by atoms with Crippen molar-refractivity contribution in [3.8, 4) is 28.7 Å². The fourth-order valence-electron chi connectivity index (χ4n) is 4.59. The standard InChI is InChI=1S/C25H18Cl2F3N7O/c26-15-6-8-16(9-7-15)37-19(12-36-14-31-13-32-36)20(33-21(37)17-4-1-2-5-18(17)27)22-34-35-23(38-22)24(10-3-11-24)25(28,29)30/h1-2,4-9,13-14H,3,10-12H2. The molecule has 8 nitrogen and oxygen atoms in total. The number of hydrogen-bond donors (Lipinski definition) is 0. The maximum Gasteiger partial charge on any atom is 0.403 e. The van der Waals surface area contributed by atoms with E-state index in [1.807, 2.05) is 10.6 Å². The van der Waals surface area contributed by atoms with E-state index in [2.05, 4.69) is 20.3 Å². The third kappa shape index (κ3) is 4.06. The van der Waals surface area contributed by atoms with E-state index < -0.39 is 17.5 Å². The van der Waals surface area contributed by atoms with Crippen molar-refractivity contribution in [3.05, 3.63) is 82.8 Å². The molecule has 0 atom stereocenters. The predicted molar refractivity (Wildman–Crippen MR) is 133 cm³/mol. The fourth-order valence-corrected chi connectivity index (χ4v) is 4.94. The Morgan fingerprint density at radius 2 is 1.76 bits per heavy atom. The Labute approximate surface area is 224 Å². The molecule has 0 amide bonds. The van der Waals surface area contributed by atoms with Gasteiger partial charge < -0.3 is 4.42 Å². The molecule has 5 aromatic rings. The molecule has 1 fully saturated rings. The van der Waals surface area contributed by atoms with Gasteiger partial charge in [0.1, 0.15) is 23.9 Å². The van der Waals surface area contributed by atoms with Gasteiger partial charge in [-0.3, -0.25) is 4.57 Å². The van der Waals surface area contributed by atoms with E-state index in [9.17, 15) is 13.2 Å². The van der Waals surface area contributed by atoms with Crippen molar-refractivity contribution in [2.75, 3.05) is 0 Å². The summed E-state index contributed by atoms with van der Waals surface area (Å²) in [6.45, 7) is 0.150. The van der Waals surface area contributed by atoms with E-state index in [0.717, 1.165) is 0 Å². The average molecular weight is 560 g/mol. The summed E-state index contributed by atoms with van der Waals surface area (Å²) in [5.41, 5.74) is -0.128. The summed E-state index contributed by atoms with van der Waals surface area (Å²) in [6, 6.07) is 14.2. The Hall–Kier alpha value is -3.70. The molecule has 1 saturated carbocycles. The van der Waals surface area contributed by atoms with E-state index in [1.165, 1.54) is 12.7 Å². The van der Waals surface area contributed by atoms with Crippen LogP contribution in [0.2, 0.25) is 10.0 Å². The first-order chi connectivity index (χ1) is 18.3. The van der Waals surface area contributed by atoms with E-state index >= 15 is 0 Å². The van der Waals surface area contributed by atoms with Crippen LogP contribution < -0.4 is 0 Å². The molecule has 2 aromatic carbocycles. The largest absolute Gasteiger partial charge is 0.418 e. The maximum atomic E-state index is 14.0. The molecule has 0 N–H and O–H groups in total. The first-order valence-electron chi connectivity index (χ1n) is 11.6. The molecule has 0 aliphatic heterocycles. The minimum atomic E-state index is -4.51. The number of hydrogen-bond acceptors (Lipinski definition) is 6. The molecule has 13 heteroatoms. The van der Waals surface area contributed by atoms with Crippen molar-refractivity contribution in [2.24, 2.45) is 0 Å². The van der Waals surface area contributed by atoms with Crippen LogP contribution in [-0.2, 0) is 12.0 Å². The van der Waals surface area contributed by atoms with Crippen LogP contribution in [0.3, 0.4) is 0 Å². The van der Waals surface area contributed by atoms with Gasteiger partial charge in [0.25, 0.3) is 5.89 Å². The van der Waals surface area contributed by atoms with Crippen LogP contribution in [0.25, 0.3) is 28.7 Å². The topological polar surface area (TPSA) is 87.5 Å². The highest BCUT2D eigenvalue weighted by Crippen LogP contribution is 2.54. The molecule has 0 bridgehead atoms. The molecule has 6 rings (SSSR count). The Morgan fingerprint density at radius 1 is 1.00 bits per heavy atom. The number of halogens is 5. The molecule has 1 aliphatic carbocycles. The zero-order chi connectivity index (χ0) is 26.5. The zero-order valence-electron chi connectivity index (χ0n) is 19.5. The van der Waals surface area contributed by atoms with Crippen LogP contribution in [0.1, 0.15) is 30.8 Å². The molecule has 0 unspecified atom stereocenters. The van der Waals surface area contributed by atoms with Gasteiger partial charge in [-0.15, -0.1) is 10.2 Å². The summed E-state index contributed by atoms with van der Waals surface area (Å²) in [5.74, 6) is -0.165. The summed E-state index contributed by atoms with van der Waals surface area (Å²) < 4.78 is 51.1. The molecule has 1 aliphatic rings. The number of alkyl halides is 3. The molecule has 0 radical (unpaired) electrons. The molecular weight excluding hydrogens is 542 g/mol. The molecule has 3 heterocycles. The number of imidazole rings is 1. The SMILES string of the molecule is FC(F)(F)C1(c2nnc(-c3nc(-c4ccccc4Cl)n(-c4ccc(Cl)cc4)c3Cn3cncn3)o2)CCC1. The second-order valence-corrected chi connectivity index (χ2v) is 9.80. The van der Waals surface area contributed by atoms with Crippen molar-refractivity contribution in [1.29, 1.82) is 0 Å². The number of aromatic nitrogens is 7. The zero-order valence-corrected chi connectivity index (χ0v) is 21.0. The summed E-state index contributed by atoms with van der Waals surface area (Å²) in [6.07, 6.45) is -1.39. The highest BCUT2D eigenvalue weighted by atomic mass is 35.5. The van der Waals surface area contributed by atoms with Crippen LogP contribution >= 0.6 is 23.2 Å². The van der Waals surface area contributed by atoms with Crippen LogP contribution in [0.5, 0.6) is 0 Å². The lowest BCUT2D eigenvalue weighted by Crippen LogP contribution is -2.48. The lowest BCUT2D eigenvalue weighted by molar-refractivity contribution is -0.219. The third-order valence-corrected chi connectivity index (χ3v) is 7.32. The van der Waals surface area contributed by atoms with Crippen molar-refractivity contribution in [3.63, 3.8) is 0 Å². The highest BCUT2D eigenvalue weighted by molar-refractivity contribution is 6.33. The van der Waals surface area contributed by atoms with Crippen LogP contribution in [0, 0.1) is 0 Å². The van der Waals surface area contributed by atoms with Gasteiger partial charge in [0.2, 0.25) is 5.89 Å². The number of nitrogens with zero attached hydrogens (tertiary/aromatic N) is 7. The van der Waals surface area contributed by atoms with E-state index in [0.29, 0.717) is 39.2 Å². The quantitative estimate of drug-likeness (QED) is 0.235. The molecule has 194 valence electrons. The van der Waals surface area contributed by atoms with Crippen LogP contribution in [0.15, 0.2) is 65.6 Å². The summed E-state index contributed by atoms with van der Waals surface area (Å²) in [7, 11) is 0. The first kappa shape index (κ1) is 24.6. The van der Waals surface area contributed by atoms with Gasteiger partial charge in [0.05, 0.1) is 17.3 Å². The summed E-state index contributed by atoms with van der Waals surface area (Å²) >= 11 is 12.7. The lowest BCUT2D eigenvalue weighted by Gasteiger charge is -2.39. The van der Waals surface area contributed by atoms with Gasteiger partial charge in [-0.2, -0.15) is 18.3 Å². The first-order valence-corrected chi connectivity index (χ1v) is 12.4. The van der Waals surface area contributed by atoms with Gasteiger partial charge in [-0.05, 0) is 49.2 Å². The van der Waals surface area contributed by atoms with Crippen molar-refractivity contribution < 1.29 is 17.6 Å². The average Bonchev–Trinajstić information content (AvgIpc) is 3.60. The monoisotopic (exact) mass is 559 g/mol. The smallest absolute Gasteiger partial charge is 0.403 e. The predicted octanol–water partition coefficient (Wildman–Crippen LogP) is 6.52. The molecule has 3 aromatic heterocycles. The van der Waals surface area contributed by atoms with E-state index in [-0.39, 0.29) is 31.0 Å². The second kappa shape index (κ2) is 9.25. The van der Waals surface area contributed by atoms with Gasteiger partial charge in [0, 0.05) is 16.3 Å². The lowest BCUT2D eigenvalue weighted by atomic mass is 9.68. The minimum absolute atomic E-state index is 0.103. The molecule has 0 spiro atoms.